The summed E-state index contributed by atoms with van der Waals surface area (Å²) >= 11 is 1.55. The Bertz CT molecular complexity index is 1590. The first-order valence-corrected chi connectivity index (χ1v) is 15.5. The number of aromatic nitrogens is 2. The number of likely N-dealkylation sites (tertiary alicyclic amines) is 1. The van der Waals surface area contributed by atoms with Crippen LogP contribution in [0.5, 0.6) is 11.6 Å². The summed E-state index contributed by atoms with van der Waals surface area (Å²) in [7, 11) is -1.54. The molecule has 1 amide bonds. The second-order valence-corrected chi connectivity index (χ2v) is 12.6. The Morgan fingerprint density at radius 2 is 2.10 bits per heavy atom. The third-order valence-electron chi connectivity index (χ3n) is 6.90. The number of amides is 1. The quantitative estimate of drug-likeness (QED) is 0.418. The highest BCUT2D eigenvalue weighted by molar-refractivity contribution is 7.91. The van der Waals surface area contributed by atoms with Crippen LogP contribution in [-0.2, 0) is 19.4 Å². The SMILES string of the molecule is COc1cccnc1OCC(=O)N1CCC(c2nc(C3=NOC(c4c(C#N)cccc4S(C)(=N)=O)C3)cs2)CC1. The van der Waals surface area contributed by atoms with Gasteiger partial charge in [-0.2, -0.15) is 5.26 Å². The van der Waals surface area contributed by atoms with Crippen LogP contribution in [0.4, 0.5) is 0 Å². The number of hydrogen-bond donors (Lipinski definition) is 1. The molecule has 4 heterocycles. The highest BCUT2D eigenvalue weighted by Gasteiger charge is 2.32. The second kappa shape index (κ2) is 11.6. The topological polar surface area (TPSA) is 151 Å². The van der Waals surface area contributed by atoms with Gasteiger partial charge in [0.05, 0.1) is 44.1 Å². The number of benzene rings is 1. The highest BCUT2D eigenvalue weighted by Crippen LogP contribution is 2.37. The van der Waals surface area contributed by atoms with Gasteiger partial charge in [-0.3, -0.25) is 4.79 Å². The van der Waals surface area contributed by atoms with Crippen molar-refractivity contribution in [2.45, 2.75) is 36.2 Å². The first-order chi connectivity index (χ1) is 19.3. The number of nitrogens with one attached hydrogen (secondary N) is 1. The van der Waals surface area contributed by atoms with E-state index in [9.17, 15) is 14.3 Å². The fourth-order valence-electron chi connectivity index (χ4n) is 4.84. The Morgan fingerprint density at radius 1 is 1.30 bits per heavy atom. The normalized spacial score (nSPS) is 18.8. The van der Waals surface area contributed by atoms with E-state index in [4.69, 9.17) is 24.1 Å². The van der Waals surface area contributed by atoms with Crippen LogP contribution in [0.2, 0.25) is 0 Å². The van der Waals surface area contributed by atoms with Crippen molar-refractivity contribution in [1.29, 1.82) is 10.0 Å². The van der Waals surface area contributed by atoms with Crippen LogP contribution in [-0.4, -0.2) is 63.8 Å². The van der Waals surface area contributed by atoms with Gasteiger partial charge in [0.25, 0.3) is 11.8 Å². The van der Waals surface area contributed by atoms with Crippen molar-refractivity contribution < 1.29 is 23.3 Å². The summed E-state index contributed by atoms with van der Waals surface area (Å²) in [6.07, 6.45) is 4.23. The lowest BCUT2D eigenvalue weighted by Crippen LogP contribution is -2.40. The molecule has 1 N–H and O–H groups in total. The maximum Gasteiger partial charge on any atom is 0.260 e. The molecular weight excluding hydrogens is 552 g/mol. The smallest absolute Gasteiger partial charge is 0.260 e. The molecule has 40 heavy (non-hydrogen) atoms. The van der Waals surface area contributed by atoms with Gasteiger partial charge in [0.2, 0.25) is 0 Å². The molecule has 11 nitrogen and oxygen atoms in total. The predicted molar refractivity (Wildman–Crippen MR) is 148 cm³/mol. The van der Waals surface area contributed by atoms with E-state index < -0.39 is 15.8 Å². The van der Waals surface area contributed by atoms with Gasteiger partial charge in [-0.05, 0) is 37.1 Å². The number of methoxy groups -OCH3 is 1. The number of rotatable bonds is 8. The van der Waals surface area contributed by atoms with E-state index in [0.29, 0.717) is 53.7 Å². The van der Waals surface area contributed by atoms with E-state index in [-0.39, 0.29) is 23.3 Å². The summed E-state index contributed by atoms with van der Waals surface area (Å²) in [4.78, 5) is 29.4. The molecular formula is C27H28N6O5S2. The molecule has 0 spiro atoms. The second-order valence-electron chi connectivity index (χ2n) is 9.53. The number of hydrogen-bond acceptors (Lipinski definition) is 11. The Morgan fingerprint density at radius 3 is 2.83 bits per heavy atom. The Kier molecular flexibility index (Phi) is 7.99. The number of nitrogens with zero attached hydrogens (tertiary/aromatic N) is 5. The van der Waals surface area contributed by atoms with Crippen LogP contribution in [0.15, 0.2) is 52.0 Å². The molecule has 0 radical (unpaired) electrons. The van der Waals surface area contributed by atoms with Gasteiger partial charge in [0.15, 0.2) is 18.5 Å². The Labute approximate surface area is 236 Å². The number of piperidine rings is 1. The standard InChI is InChI=1S/C27H28N6O5S2/c1-36-21-6-4-10-30-26(21)37-15-24(34)33-11-8-17(9-12-33)27-31-20(16-39-27)19-13-22(38-32-19)25-18(14-28)5-3-7-23(25)40(2,29)35/h3-7,10,16-17,22,29H,8-9,11-13,15H2,1-2H3. The lowest BCUT2D eigenvalue weighted by molar-refractivity contribution is -0.134. The zero-order valence-corrected chi connectivity index (χ0v) is 23.7. The monoisotopic (exact) mass is 580 g/mol. The molecule has 2 aromatic heterocycles. The maximum absolute atomic E-state index is 12.7. The molecule has 208 valence electrons. The lowest BCUT2D eigenvalue weighted by atomic mass is 9.97. The fourth-order valence-corrected chi connectivity index (χ4v) is 6.84. The average Bonchev–Trinajstić information content (AvgIpc) is 3.66. The van der Waals surface area contributed by atoms with Crippen molar-refractivity contribution in [1.82, 2.24) is 14.9 Å². The van der Waals surface area contributed by atoms with Crippen LogP contribution in [0, 0.1) is 16.1 Å². The summed E-state index contributed by atoms with van der Waals surface area (Å²) in [5, 5.41) is 16.8. The molecule has 2 unspecified atom stereocenters. The summed E-state index contributed by atoms with van der Waals surface area (Å²) < 4.78 is 31.5. The number of oxime groups is 1. The van der Waals surface area contributed by atoms with Crippen molar-refractivity contribution in [3.63, 3.8) is 0 Å². The average molecular weight is 581 g/mol. The minimum atomic E-state index is -3.07. The molecule has 2 aliphatic rings. The molecule has 1 saturated heterocycles. The van der Waals surface area contributed by atoms with Gasteiger partial charge >= 0.3 is 0 Å². The van der Waals surface area contributed by atoms with E-state index in [1.165, 1.54) is 13.4 Å². The number of pyridine rings is 1. The molecule has 1 fully saturated rings. The predicted octanol–water partition coefficient (Wildman–Crippen LogP) is 4.10. The highest BCUT2D eigenvalue weighted by atomic mass is 32.2. The molecule has 13 heteroatoms. The molecule has 0 aliphatic carbocycles. The van der Waals surface area contributed by atoms with Crippen molar-refractivity contribution in [3.8, 4) is 17.7 Å². The largest absolute Gasteiger partial charge is 0.491 e. The summed E-state index contributed by atoms with van der Waals surface area (Å²) in [5.41, 5.74) is 2.13. The molecule has 2 atom stereocenters. The van der Waals surface area contributed by atoms with Crippen LogP contribution in [0.1, 0.15) is 53.1 Å². The van der Waals surface area contributed by atoms with Gasteiger partial charge in [0.1, 0.15) is 5.71 Å². The van der Waals surface area contributed by atoms with Crippen LogP contribution in [0.3, 0.4) is 0 Å². The van der Waals surface area contributed by atoms with E-state index in [2.05, 4.69) is 16.2 Å². The summed E-state index contributed by atoms with van der Waals surface area (Å²) in [5.74, 6) is 0.890. The van der Waals surface area contributed by atoms with Gasteiger partial charge < -0.3 is 19.2 Å². The number of ether oxygens (including phenoxy) is 2. The Balaban J connectivity index is 1.18. The lowest BCUT2D eigenvalue weighted by Gasteiger charge is -2.31. The first kappa shape index (κ1) is 27.5. The molecule has 2 aliphatic heterocycles. The molecule has 0 saturated carbocycles. The third kappa shape index (κ3) is 5.78. The summed E-state index contributed by atoms with van der Waals surface area (Å²) in [6.45, 7) is 1.10. The van der Waals surface area contributed by atoms with Crippen LogP contribution >= 0.6 is 11.3 Å². The van der Waals surface area contributed by atoms with Crippen molar-refractivity contribution in [2.75, 3.05) is 33.1 Å². The van der Waals surface area contributed by atoms with Gasteiger partial charge in [0, 0.05) is 48.8 Å². The van der Waals surface area contributed by atoms with E-state index in [1.807, 2.05) is 5.38 Å². The van der Waals surface area contributed by atoms with Crippen LogP contribution < -0.4 is 9.47 Å². The minimum Gasteiger partial charge on any atom is -0.491 e. The maximum atomic E-state index is 12.7. The number of carbonyl (C=O) groups excluding carboxylic acids is 1. The minimum absolute atomic E-state index is 0.102. The van der Waals surface area contributed by atoms with E-state index >= 15 is 0 Å². The number of carbonyl (C=O) groups is 1. The first-order valence-electron chi connectivity index (χ1n) is 12.6. The third-order valence-corrected chi connectivity index (χ3v) is 9.10. The zero-order valence-electron chi connectivity index (χ0n) is 22.0. The number of thiazole rings is 1. The van der Waals surface area contributed by atoms with Gasteiger partial charge in [-0.1, -0.05) is 11.2 Å². The summed E-state index contributed by atoms with van der Waals surface area (Å²) in [6, 6.07) is 10.4. The van der Waals surface area contributed by atoms with Crippen molar-refractivity contribution in [2.24, 2.45) is 5.16 Å². The molecule has 5 rings (SSSR count). The number of nitriles is 1. The van der Waals surface area contributed by atoms with Gasteiger partial charge in [-0.25, -0.2) is 19.0 Å². The zero-order chi connectivity index (χ0) is 28.3. The molecule has 1 aromatic carbocycles. The van der Waals surface area contributed by atoms with Gasteiger partial charge in [-0.15, -0.1) is 11.3 Å². The fraction of sp³-hybridized carbons (Fsp3) is 0.370. The molecule has 3 aromatic rings. The molecule has 0 bridgehead atoms. The van der Waals surface area contributed by atoms with Crippen LogP contribution in [0.25, 0.3) is 0 Å². The Hall–Kier alpha value is -4.02. The van der Waals surface area contributed by atoms with Crippen molar-refractivity contribution >= 4 is 32.7 Å². The van der Waals surface area contributed by atoms with Crippen molar-refractivity contribution in [3.05, 3.63) is 63.7 Å². The van der Waals surface area contributed by atoms with E-state index in [1.54, 1.807) is 52.8 Å². The van der Waals surface area contributed by atoms with E-state index in [0.717, 1.165) is 17.8 Å².